The molecule has 0 bridgehead atoms. The Labute approximate surface area is 104 Å². The first-order valence-electron chi connectivity index (χ1n) is 5.12. The molecule has 0 N–H and O–H groups in total. The highest BCUT2D eigenvalue weighted by Crippen LogP contribution is 2.33. The molecule has 2 aromatic rings. The molecule has 1 aromatic carbocycles. The highest BCUT2D eigenvalue weighted by atomic mass is 32.2. The fourth-order valence-corrected chi connectivity index (χ4v) is 2.14. The molecule has 0 saturated carbocycles. The number of benzene rings is 1. The Kier molecular flexibility index (Phi) is 3.77. The molecule has 1 aromatic heterocycles. The second-order valence-corrected chi connectivity index (χ2v) is 4.37. The summed E-state index contributed by atoms with van der Waals surface area (Å²) < 4.78 is 5.13. The van der Waals surface area contributed by atoms with Crippen molar-refractivity contribution < 1.29 is 9.53 Å². The Balaban J connectivity index is 2.23. The third-order valence-electron chi connectivity index (χ3n) is 1.96. The van der Waals surface area contributed by atoms with Crippen LogP contribution in [0.2, 0.25) is 0 Å². The van der Waals surface area contributed by atoms with E-state index < -0.39 is 0 Å². The van der Waals surface area contributed by atoms with Crippen LogP contribution >= 0.6 is 11.8 Å². The number of carbonyl (C=O) groups is 1. The normalized spacial score (nSPS) is 9.94. The van der Waals surface area contributed by atoms with Gasteiger partial charge in [0.05, 0.1) is 4.90 Å². The standard InChI is InChI=1S/C13H11NO2S/c1-10(15)16-11-6-2-3-7-12(11)17-13-8-4-5-9-14-13/h2-9H,1H3. The molecule has 0 aliphatic carbocycles. The lowest BCUT2D eigenvalue weighted by Crippen LogP contribution is -2.02. The molecule has 1 heterocycles. The monoisotopic (exact) mass is 245 g/mol. The van der Waals surface area contributed by atoms with Gasteiger partial charge in [-0.15, -0.1) is 0 Å². The van der Waals surface area contributed by atoms with Gasteiger partial charge < -0.3 is 4.74 Å². The van der Waals surface area contributed by atoms with Gasteiger partial charge in [-0.05, 0) is 24.3 Å². The van der Waals surface area contributed by atoms with Crippen molar-refractivity contribution in [3.05, 3.63) is 48.7 Å². The molecule has 86 valence electrons. The average molecular weight is 245 g/mol. The Hall–Kier alpha value is -1.81. The van der Waals surface area contributed by atoms with Crippen LogP contribution < -0.4 is 4.74 Å². The average Bonchev–Trinajstić information content (AvgIpc) is 2.32. The largest absolute Gasteiger partial charge is 0.426 e. The van der Waals surface area contributed by atoms with Crippen molar-refractivity contribution in [2.45, 2.75) is 16.8 Å². The van der Waals surface area contributed by atoms with Crippen LogP contribution in [0.25, 0.3) is 0 Å². The number of hydrogen-bond donors (Lipinski definition) is 0. The van der Waals surface area contributed by atoms with Crippen molar-refractivity contribution in [1.29, 1.82) is 0 Å². The molecule has 0 radical (unpaired) electrons. The van der Waals surface area contributed by atoms with Gasteiger partial charge in [0.15, 0.2) is 0 Å². The van der Waals surface area contributed by atoms with Gasteiger partial charge in [0.1, 0.15) is 10.8 Å². The van der Waals surface area contributed by atoms with Gasteiger partial charge in [-0.25, -0.2) is 4.98 Å². The molecule has 17 heavy (non-hydrogen) atoms. The number of aromatic nitrogens is 1. The van der Waals surface area contributed by atoms with E-state index in [0.717, 1.165) is 9.92 Å². The molecule has 4 heteroatoms. The van der Waals surface area contributed by atoms with E-state index in [-0.39, 0.29) is 5.97 Å². The first-order valence-corrected chi connectivity index (χ1v) is 5.93. The molecule has 0 aliphatic rings. The summed E-state index contributed by atoms with van der Waals surface area (Å²) in [6.07, 6.45) is 1.73. The number of para-hydroxylation sites is 1. The van der Waals surface area contributed by atoms with Crippen LogP contribution in [0.5, 0.6) is 5.75 Å². The minimum absolute atomic E-state index is 0.320. The number of carbonyl (C=O) groups excluding carboxylic acids is 1. The van der Waals surface area contributed by atoms with E-state index in [2.05, 4.69) is 4.98 Å². The summed E-state index contributed by atoms with van der Waals surface area (Å²) in [5.74, 6) is 0.245. The smallest absolute Gasteiger partial charge is 0.308 e. The number of nitrogens with zero attached hydrogens (tertiary/aromatic N) is 1. The van der Waals surface area contributed by atoms with Gasteiger partial charge in [-0.3, -0.25) is 4.79 Å². The van der Waals surface area contributed by atoms with E-state index in [1.165, 1.54) is 18.7 Å². The summed E-state index contributed by atoms with van der Waals surface area (Å²) in [5.41, 5.74) is 0. The van der Waals surface area contributed by atoms with Gasteiger partial charge in [0.2, 0.25) is 0 Å². The number of esters is 1. The van der Waals surface area contributed by atoms with Crippen LogP contribution in [-0.4, -0.2) is 11.0 Å². The van der Waals surface area contributed by atoms with Gasteiger partial charge in [0.25, 0.3) is 0 Å². The number of pyridine rings is 1. The van der Waals surface area contributed by atoms with Gasteiger partial charge in [-0.1, -0.05) is 30.0 Å². The Morgan fingerprint density at radius 2 is 1.94 bits per heavy atom. The second kappa shape index (κ2) is 5.50. The third-order valence-corrected chi connectivity index (χ3v) is 2.96. The SMILES string of the molecule is CC(=O)Oc1ccccc1Sc1ccccn1. The maximum atomic E-state index is 11.0. The van der Waals surface area contributed by atoms with Crippen LogP contribution in [0, 0.1) is 0 Å². The summed E-state index contributed by atoms with van der Waals surface area (Å²) >= 11 is 1.47. The lowest BCUT2D eigenvalue weighted by Gasteiger charge is -2.07. The van der Waals surface area contributed by atoms with Crippen LogP contribution in [-0.2, 0) is 4.79 Å². The van der Waals surface area contributed by atoms with Crippen LogP contribution in [0.3, 0.4) is 0 Å². The van der Waals surface area contributed by atoms with E-state index in [4.69, 9.17) is 4.74 Å². The quantitative estimate of drug-likeness (QED) is 0.615. The maximum absolute atomic E-state index is 11.0. The molecule has 2 rings (SSSR count). The first kappa shape index (κ1) is 11.7. The number of hydrogen-bond acceptors (Lipinski definition) is 4. The fourth-order valence-electron chi connectivity index (χ4n) is 1.29. The number of ether oxygens (including phenoxy) is 1. The van der Waals surface area contributed by atoms with Crippen molar-refractivity contribution >= 4 is 17.7 Å². The summed E-state index contributed by atoms with van der Waals surface area (Å²) in [7, 11) is 0. The fraction of sp³-hybridized carbons (Fsp3) is 0.0769. The lowest BCUT2D eigenvalue weighted by molar-refractivity contribution is -0.132. The highest BCUT2D eigenvalue weighted by Gasteiger charge is 2.07. The second-order valence-electron chi connectivity index (χ2n) is 3.31. The zero-order valence-corrected chi connectivity index (χ0v) is 10.1. The molecule has 0 amide bonds. The van der Waals surface area contributed by atoms with Crippen molar-refractivity contribution in [3.63, 3.8) is 0 Å². The third kappa shape index (κ3) is 3.32. The predicted molar refractivity (Wildman–Crippen MR) is 66.1 cm³/mol. The van der Waals surface area contributed by atoms with Gasteiger partial charge in [-0.2, -0.15) is 0 Å². The molecule has 0 atom stereocenters. The van der Waals surface area contributed by atoms with Crippen LogP contribution in [0.1, 0.15) is 6.92 Å². The Morgan fingerprint density at radius 1 is 1.18 bits per heavy atom. The van der Waals surface area contributed by atoms with Crippen LogP contribution in [0.4, 0.5) is 0 Å². The Bertz CT molecular complexity index is 514. The molecule has 0 aliphatic heterocycles. The molecule has 0 fully saturated rings. The van der Waals surface area contributed by atoms with Gasteiger partial charge in [0, 0.05) is 13.1 Å². The van der Waals surface area contributed by atoms with E-state index in [9.17, 15) is 4.79 Å². The maximum Gasteiger partial charge on any atom is 0.308 e. The highest BCUT2D eigenvalue weighted by molar-refractivity contribution is 7.99. The summed E-state index contributed by atoms with van der Waals surface area (Å²) in [6.45, 7) is 1.39. The predicted octanol–water partition coefficient (Wildman–Crippen LogP) is 3.16. The molecular formula is C13H11NO2S. The number of rotatable bonds is 3. The summed E-state index contributed by atoms with van der Waals surface area (Å²) in [4.78, 5) is 16.1. The van der Waals surface area contributed by atoms with Crippen LogP contribution in [0.15, 0.2) is 58.6 Å². The van der Waals surface area contributed by atoms with Crippen molar-refractivity contribution in [1.82, 2.24) is 4.98 Å². The first-order chi connectivity index (χ1) is 8.25. The minimum Gasteiger partial charge on any atom is -0.426 e. The topological polar surface area (TPSA) is 39.2 Å². The van der Waals surface area contributed by atoms with Crippen molar-refractivity contribution in [2.75, 3.05) is 0 Å². The summed E-state index contributed by atoms with van der Waals surface area (Å²) in [6, 6.07) is 13.1. The zero-order valence-electron chi connectivity index (χ0n) is 9.29. The van der Waals surface area contributed by atoms with E-state index in [1.54, 1.807) is 12.3 Å². The molecule has 0 unspecified atom stereocenters. The van der Waals surface area contributed by atoms with E-state index in [1.807, 2.05) is 36.4 Å². The summed E-state index contributed by atoms with van der Waals surface area (Å²) in [5, 5.41) is 0.868. The van der Waals surface area contributed by atoms with E-state index >= 15 is 0 Å². The minimum atomic E-state index is -0.320. The molecule has 3 nitrogen and oxygen atoms in total. The zero-order chi connectivity index (χ0) is 12.1. The molecular weight excluding hydrogens is 234 g/mol. The molecule has 0 saturated heterocycles. The lowest BCUT2D eigenvalue weighted by atomic mass is 10.3. The van der Waals surface area contributed by atoms with Crippen molar-refractivity contribution in [3.8, 4) is 5.75 Å². The van der Waals surface area contributed by atoms with E-state index in [0.29, 0.717) is 5.75 Å². The Morgan fingerprint density at radius 3 is 2.65 bits per heavy atom. The van der Waals surface area contributed by atoms with Crippen molar-refractivity contribution in [2.24, 2.45) is 0 Å². The molecule has 0 spiro atoms. The van der Waals surface area contributed by atoms with Gasteiger partial charge >= 0.3 is 5.97 Å².